The maximum absolute atomic E-state index is 13.6. The number of aromatic hydroxyl groups is 1. The van der Waals surface area contributed by atoms with Crippen LogP contribution in [0.2, 0.25) is 0 Å². The van der Waals surface area contributed by atoms with Gasteiger partial charge in [-0.05, 0) is 60.6 Å². The number of halogens is 1. The van der Waals surface area contributed by atoms with Gasteiger partial charge in [0, 0.05) is 20.5 Å². The number of amides is 3. The van der Waals surface area contributed by atoms with Crippen LogP contribution in [0.25, 0.3) is 0 Å². The maximum Gasteiger partial charge on any atom is 0.245 e. The third-order valence-electron chi connectivity index (χ3n) is 6.31. The first-order chi connectivity index (χ1) is 16.8. The molecule has 3 atom stereocenters. The number of nitrogens with two attached hydrogens (primary N) is 2. The van der Waals surface area contributed by atoms with Gasteiger partial charge >= 0.3 is 0 Å². The first kappa shape index (κ1) is 28.8. The lowest BCUT2D eigenvalue weighted by Gasteiger charge is -2.35. The van der Waals surface area contributed by atoms with Crippen LogP contribution in [0.15, 0.2) is 42.5 Å². The van der Waals surface area contributed by atoms with Crippen molar-refractivity contribution in [1.29, 1.82) is 0 Å². The predicted molar refractivity (Wildman–Crippen MR) is 136 cm³/mol. The molecule has 0 radical (unpaired) electrons. The summed E-state index contributed by atoms with van der Waals surface area (Å²) in [6, 6.07) is 7.93. The van der Waals surface area contributed by atoms with Gasteiger partial charge in [0.1, 0.15) is 23.7 Å². The van der Waals surface area contributed by atoms with Crippen LogP contribution in [0.1, 0.15) is 37.0 Å². The van der Waals surface area contributed by atoms with Gasteiger partial charge in [0.2, 0.25) is 17.7 Å². The van der Waals surface area contributed by atoms with Crippen LogP contribution in [0.5, 0.6) is 5.75 Å². The summed E-state index contributed by atoms with van der Waals surface area (Å²) in [6.07, 6.45) is 0.708. The van der Waals surface area contributed by atoms with Crippen molar-refractivity contribution in [2.75, 3.05) is 14.1 Å². The minimum absolute atomic E-state index is 0.0719. The zero-order valence-electron chi connectivity index (χ0n) is 21.6. The van der Waals surface area contributed by atoms with E-state index in [9.17, 15) is 23.9 Å². The number of rotatable bonds is 11. The number of hydrogen-bond acceptors (Lipinski definition) is 5. The Hall–Kier alpha value is -3.46. The maximum atomic E-state index is 13.6. The summed E-state index contributed by atoms with van der Waals surface area (Å²) >= 11 is 0. The molecule has 0 aliphatic carbocycles. The molecule has 0 saturated carbocycles. The molecule has 0 heterocycles. The van der Waals surface area contributed by atoms with E-state index in [0.717, 1.165) is 5.56 Å². The van der Waals surface area contributed by atoms with Crippen molar-refractivity contribution in [3.8, 4) is 5.75 Å². The van der Waals surface area contributed by atoms with Crippen LogP contribution in [0, 0.1) is 18.7 Å². The van der Waals surface area contributed by atoms with Gasteiger partial charge in [0.15, 0.2) is 0 Å². The molecule has 0 saturated heterocycles. The first-order valence-corrected chi connectivity index (χ1v) is 11.9. The van der Waals surface area contributed by atoms with Crippen LogP contribution in [-0.2, 0) is 27.2 Å². The Bertz CT molecular complexity index is 1070. The summed E-state index contributed by atoms with van der Waals surface area (Å²) in [5.41, 5.74) is 13.9. The van der Waals surface area contributed by atoms with E-state index in [1.54, 1.807) is 31.2 Å². The van der Waals surface area contributed by atoms with Gasteiger partial charge in [-0.3, -0.25) is 14.4 Å². The number of phenols is 1. The summed E-state index contributed by atoms with van der Waals surface area (Å²) in [7, 11) is 3.02. The molecule has 0 aliphatic rings. The summed E-state index contributed by atoms with van der Waals surface area (Å²) in [4.78, 5) is 41.7. The van der Waals surface area contributed by atoms with Crippen LogP contribution < -0.4 is 11.5 Å². The van der Waals surface area contributed by atoms with E-state index in [2.05, 4.69) is 0 Å². The fourth-order valence-corrected chi connectivity index (χ4v) is 4.13. The molecule has 0 bridgehead atoms. The Morgan fingerprint density at radius 2 is 1.47 bits per heavy atom. The van der Waals surface area contributed by atoms with Gasteiger partial charge in [0.05, 0.1) is 6.04 Å². The number of primary amides is 1. The molecule has 36 heavy (non-hydrogen) atoms. The first-order valence-electron chi connectivity index (χ1n) is 11.9. The summed E-state index contributed by atoms with van der Waals surface area (Å²) < 4.78 is 13.2. The normalized spacial score (nSPS) is 13.7. The van der Waals surface area contributed by atoms with Gasteiger partial charge in [-0.2, -0.15) is 0 Å². The second-order valence-corrected chi connectivity index (χ2v) is 9.72. The molecule has 0 fully saturated rings. The number of benzene rings is 2. The van der Waals surface area contributed by atoms with Gasteiger partial charge in [0.25, 0.3) is 0 Å². The van der Waals surface area contributed by atoms with Crippen LogP contribution in [0.4, 0.5) is 4.39 Å². The highest BCUT2D eigenvalue weighted by molar-refractivity contribution is 5.92. The van der Waals surface area contributed by atoms with Crippen LogP contribution >= 0.6 is 0 Å². The van der Waals surface area contributed by atoms with E-state index in [0.29, 0.717) is 17.5 Å². The van der Waals surface area contributed by atoms with Crippen molar-refractivity contribution in [1.82, 2.24) is 9.80 Å². The van der Waals surface area contributed by atoms with Crippen molar-refractivity contribution >= 4 is 17.7 Å². The van der Waals surface area contributed by atoms with Crippen molar-refractivity contribution < 1.29 is 23.9 Å². The zero-order chi connectivity index (χ0) is 27.2. The molecule has 2 aromatic carbocycles. The monoisotopic (exact) mass is 500 g/mol. The molecule has 5 N–H and O–H groups in total. The van der Waals surface area contributed by atoms with Crippen molar-refractivity contribution in [3.05, 3.63) is 65.0 Å². The standard InChI is InChI=1S/C27H37FN4O4/c1-16(2)12-23(32(5)26(35)21(29)14-18-6-9-20(28)10-7-18)27(36)31(4)22(25(30)34)15-19-8-11-24(33)17(3)13-19/h6-11,13,16,21-23,33H,12,14-15,29H2,1-5H3,(H2,30,34)/t21-,22-,23+/m0/s1. The Labute approximate surface area is 212 Å². The molecule has 0 aliphatic heterocycles. The van der Waals surface area contributed by atoms with Crippen molar-refractivity contribution in [2.24, 2.45) is 17.4 Å². The summed E-state index contributed by atoms with van der Waals surface area (Å²) in [5, 5.41) is 9.78. The molecule has 0 spiro atoms. The lowest BCUT2D eigenvalue weighted by Crippen LogP contribution is -2.57. The SMILES string of the molecule is Cc1cc(C[C@@H](C(N)=O)N(C)C(=O)[C@@H](CC(C)C)N(C)C(=O)[C@@H](N)Cc2ccc(F)cc2)ccc1O. The summed E-state index contributed by atoms with van der Waals surface area (Å²) in [5.74, 6) is -1.71. The predicted octanol–water partition coefficient (Wildman–Crippen LogP) is 2.14. The third-order valence-corrected chi connectivity index (χ3v) is 6.31. The molecular formula is C27H37FN4O4. The molecule has 196 valence electrons. The van der Waals surface area contributed by atoms with E-state index in [1.165, 1.54) is 42.1 Å². The number of phenolic OH excluding ortho intramolecular Hbond substituents is 1. The Balaban J connectivity index is 2.23. The number of aryl methyl sites for hydroxylation is 1. The number of hydrogen-bond donors (Lipinski definition) is 3. The quantitative estimate of drug-likeness (QED) is 0.435. The number of likely N-dealkylation sites (N-methyl/N-ethyl adjacent to an activating group) is 2. The molecule has 2 aromatic rings. The highest BCUT2D eigenvalue weighted by Gasteiger charge is 2.35. The second-order valence-electron chi connectivity index (χ2n) is 9.72. The molecule has 0 unspecified atom stereocenters. The molecule has 2 rings (SSSR count). The fraction of sp³-hybridized carbons (Fsp3) is 0.444. The van der Waals surface area contributed by atoms with Crippen molar-refractivity contribution in [3.63, 3.8) is 0 Å². The largest absolute Gasteiger partial charge is 0.508 e. The third kappa shape index (κ3) is 7.52. The van der Waals surface area contributed by atoms with Crippen LogP contribution in [0.3, 0.4) is 0 Å². The molecule has 0 aromatic heterocycles. The minimum atomic E-state index is -0.951. The van der Waals surface area contributed by atoms with Gasteiger partial charge in [-0.25, -0.2) is 4.39 Å². The lowest BCUT2D eigenvalue weighted by atomic mass is 9.97. The molecular weight excluding hydrogens is 463 g/mol. The average Bonchev–Trinajstić information content (AvgIpc) is 2.82. The fourth-order valence-electron chi connectivity index (χ4n) is 4.13. The smallest absolute Gasteiger partial charge is 0.245 e. The molecule has 8 nitrogen and oxygen atoms in total. The van der Waals surface area contributed by atoms with E-state index in [1.807, 2.05) is 13.8 Å². The van der Waals surface area contributed by atoms with Gasteiger partial charge < -0.3 is 26.4 Å². The van der Waals surface area contributed by atoms with E-state index < -0.39 is 35.8 Å². The topological polar surface area (TPSA) is 130 Å². The minimum Gasteiger partial charge on any atom is -0.508 e. The summed E-state index contributed by atoms with van der Waals surface area (Å²) in [6.45, 7) is 5.60. The number of carbonyl (C=O) groups is 3. The highest BCUT2D eigenvalue weighted by atomic mass is 19.1. The van der Waals surface area contributed by atoms with E-state index >= 15 is 0 Å². The number of carbonyl (C=O) groups excluding carboxylic acids is 3. The zero-order valence-corrected chi connectivity index (χ0v) is 21.6. The van der Waals surface area contributed by atoms with E-state index in [-0.39, 0.29) is 30.3 Å². The molecule has 9 heteroatoms. The van der Waals surface area contributed by atoms with Gasteiger partial charge in [-0.1, -0.05) is 38.1 Å². The average molecular weight is 501 g/mol. The second kappa shape index (κ2) is 12.5. The lowest BCUT2D eigenvalue weighted by molar-refractivity contribution is -0.148. The Kier molecular flexibility index (Phi) is 9.98. The highest BCUT2D eigenvalue weighted by Crippen LogP contribution is 2.21. The van der Waals surface area contributed by atoms with E-state index in [4.69, 9.17) is 11.5 Å². The molecule has 3 amide bonds. The Morgan fingerprint density at radius 1 is 0.917 bits per heavy atom. The number of nitrogens with zero attached hydrogens (tertiary/aromatic N) is 2. The Morgan fingerprint density at radius 3 is 2.00 bits per heavy atom. The van der Waals surface area contributed by atoms with Crippen LogP contribution in [-0.4, -0.2) is 64.8 Å². The van der Waals surface area contributed by atoms with Gasteiger partial charge in [-0.15, -0.1) is 0 Å². The van der Waals surface area contributed by atoms with Crippen molar-refractivity contribution in [2.45, 2.75) is 58.2 Å².